The van der Waals surface area contributed by atoms with Crippen LogP contribution in [0.5, 0.6) is 5.75 Å². The first-order valence-electron chi connectivity index (χ1n) is 8.34. The van der Waals surface area contributed by atoms with E-state index in [-0.39, 0.29) is 0 Å². The number of likely N-dealkylation sites (N-methyl/N-ethyl adjacent to an activating group) is 1. The second-order valence-corrected chi connectivity index (χ2v) is 6.57. The van der Waals surface area contributed by atoms with Crippen LogP contribution in [0.1, 0.15) is 46.0 Å². The van der Waals surface area contributed by atoms with Crippen LogP contribution in [-0.4, -0.2) is 19.2 Å². The maximum Gasteiger partial charge on any atom is 0.119 e. The van der Waals surface area contributed by atoms with E-state index in [0.717, 1.165) is 35.8 Å². The molecule has 0 heterocycles. The van der Waals surface area contributed by atoms with Crippen molar-refractivity contribution in [2.45, 2.75) is 52.0 Å². The lowest BCUT2D eigenvalue weighted by Gasteiger charge is -2.34. The van der Waals surface area contributed by atoms with Gasteiger partial charge in [0.05, 0.1) is 0 Å². The average molecular weight is 310 g/mol. The Bertz CT molecular complexity index is 406. The smallest absolute Gasteiger partial charge is 0.119 e. The summed E-state index contributed by atoms with van der Waals surface area (Å²) in [7, 11) is 0. The molecule has 0 aromatic heterocycles. The van der Waals surface area contributed by atoms with E-state index < -0.39 is 0 Å². The van der Waals surface area contributed by atoms with Gasteiger partial charge in [0, 0.05) is 11.1 Å². The number of hydrogen-bond donors (Lipinski definition) is 1. The minimum absolute atomic E-state index is 0.458. The van der Waals surface area contributed by atoms with Crippen LogP contribution in [-0.2, 0) is 0 Å². The SMILES string of the molecule is CCNC(COc1ccc(Cl)cc1)C1CCCC(CC)C1. The van der Waals surface area contributed by atoms with Gasteiger partial charge in [-0.3, -0.25) is 0 Å². The number of hydrogen-bond acceptors (Lipinski definition) is 2. The summed E-state index contributed by atoms with van der Waals surface area (Å²) in [5.74, 6) is 2.56. The monoisotopic (exact) mass is 309 g/mol. The van der Waals surface area contributed by atoms with E-state index in [0.29, 0.717) is 6.04 Å². The van der Waals surface area contributed by atoms with E-state index in [9.17, 15) is 0 Å². The Labute approximate surface area is 134 Å². The molecule has 0 amide bonds. The molecule has 1 aliphatic rings. The standard InChI is InChI=1S/C18H28ClNO/c1-3-14-6-5-7-15(12-14)18(20-4-2)13-21-17-10-8-16(19)9-11-17/h8-11,14-15,18,20H,3-7,12-13H2,1-2H3. The lowest BCUT2D eigenvalue weighted by molar-refractivity contribution is 0.159. The van der Waals surface area contributed by atoms with Crippen molar-refractivity contribution < 1.29 is 4.74 Å². The topological polar surface area (TPSA) is 21.3 Å². The van der Waals surface area contributed by atoms with Gasteiger partial charge < -0.3 is 10.1 Å². The van der Waals surface area contributed by atoms with Gasteiger partial charge in [0.25, 0.3) is 0 Å². The highest BCUT2D eigenvalue weighted by Gasteiger charge is 2.27. The number of benzene rings is 1. The Balaban J connectivity index is 1.90. The molecule has 0 aliphatic heterocycles. The summed E-state index contributed by atoms with van der Waals surface area (Å²) in [5.41, 5.74) is 0. The summed E-state index contributed by atoms with van der Waals surface area (Å²) in [4.78, 5) is 0. The highest BCUT2D eigenvalue weighted by atomic mass is 35.5. The van der Waals surface area contributed by atoms with Crippen LogP contribution < -0.4 is 10.1 Å². The first kappa shape index (κ1) is 16.6. The van der Waals surface area contributed by atoms with E-state index in [2.05, 4.69) is 19.2 Å². The summed E-state index contributed by atoms with van der Waals surface area (Å²) in [5, 5.41) is 4.38. The number of halogens is 1. The minimum Gasteiger partial charge on any atom is -0.492 e. The molecule has 0 bridgehead atoms. The lowest BCUT2D eigenvalue weighted by Crippen LogP contribution is -2.42. The van der Waals surface area contributed by atoms with Crippen molar-refractivity contribution in [1.29, 1.82) is 0 Å². The van der Waals surface area contributed by atoms with Crippen LogP contribution in [0.3, 0.4) is 0 Å². The van der Waals surface area contributed by atoms with Crippen molar-refractivity contribution in [2.24, 2.45) is 11.8 Å². The molecule has 2 rings (SSSR count). The Kier molecular flexibility index (Phi) is 6.85. The fraction of sp³-hybridized carbons (Fsp3) is 0.667. The first-order valence-corrected chi connectivity index (χ1v) is 8.72. The third-order valence-corrected chi connectivity index (χ3v) is 4.93. The normalized spacial score (nSPS) is 23.8. The maximum absolute atomic E-state index is 5.98. The fourth-order valence-corrected chi connectivity index (χ4v) is 3.54. The van der Waals surface area contributed by atoms with Crippen LogP contribution in [0.2, 0.25) is 5.02 Å². The molecule has 21 heavy (non-hydrogen) atoms. The Morgan fingerprint density at radius 2 is 2.00 bits per heavy atom. The molecule has 2 nitrogen and oxygen atoms in total. The summed E-state index contributed by atoms with van der Waals surface area (Å²) < 4.78 is 5.98. The maximum atomic E-state index is 5.98. The predicted octanol–water partition coefficient (Wildman–Crippen LogP) is 4.91. The van der Waals surface area contributed by atoms with Crippen LogP contribution in [0.4, 0.5) is 0 Å². The summed E-state index contributed by atoms with van der Waals surface area (Å²) in [6.07, 6.45) is 6.76. The van der Waals surface area contributed by atoms with Crippen LogP contribution >= 0.6 is 11.6 Å². The lowest BCUT2D eigenvalue weighted by atomic mass is 9.77. The van der Waals surface area contributed by atoms with E-state index in [1.54, 1.807) is 0 Å². The van der Waals surface area contributed by atoms with Crippen LogP contribution in [0.25, 0.3) is 0 Å². The van der Waals surface area contributed by atoms with Crippen molar-refractivity contribution in [3.05, 3.63) is 29.3 Å². The molecule has 1 aromatic carbocycles. The van der Waals surface area contributed by atoms with E-state index in [1.165, 1.54) is 32.1 Å². The van der Waals surface area contributed by atoms with Gasteiger partial charge in [-0.25, -0.2) is 0 Å². The molecule has 0 radical (unpaired) electrons. The predicted molar refractivity (Wildman–Crippen MR) is 90.2 cm³/mol. The molecule has 118 valence electrons. The Morgan fingerprint density at radius 3 is 2.67 bits per heavy atom. The molecule has 1 aliphatic carbocycles. The van der Waals surface area contributed by atoms with Crippen molar-refractivity contribution in [1.82, 2.24) is 5.32 Å². The third kappa shape index (κ3) is 5.19. The number of rotatable bonds is 7. The highest BCUT2D eigenvalue weighted by Crippen LogP contribution is 2.33. The van der Waals surface area contributed by atoms with Crippen LogP contribution in [0, 0.1) is 11.8 Å². The van der Waals surface area contributed by atoms with Gasteiger partial charge in [0.2, 0.25) is 0 Å². The molecular weight excluding hydrogens is 282 g/mol. The van der Waals surface area contributed by atoms with Gasteiger partial charge in [-0.15, -0.1) is 0 Å². The minimum atomic E-state index is 0.458. The van der Waals surface area contributed by atoms with Gasteiger partial charge in [-0.05, 0) is 55.5 Å². The molecular formula is C18H28ClNO. The van der Waals surface area contributed by atoms with E-state index in [1.807, 2.05) is 24.3 Å². The molecule has 0 saturated heterocycles. The third-order valence-electron chi connectivity index (χ3n) is 4.68. The second-order valence-electron chi connectivity index (χ2n) is 6.13. The molecule has 1 N–H and O–H groups in total. The van der Waals surface area contributed by atoms with Gasteiger partial charge >= 0.3 is 0 Å². The van der Waals surface area contributed by atoms with Crippen LogP contribution in [0.15, 0.2) is 24.3 Å². The van der Waals surface area contributed by atoms with Gasteiger partial charge in [-0.2, -0.15) is 0 Å². The summed E-state index contributed by atoms with van der Waals surface area (Å²) in [6, 6.07) is 8.11. The van der Waals surface area contributed by atoms with E-state index in [4.69, 9.17) is 16.3 Å². The molecule has 0 spiro atoms. The fourth-order valence-electron chi connectivity index (χ4n) is 3.41. The molecule has 3 heteroatoms. The molecule has 1 saturated carbocycles. The van der Waals surface area contributed by atoms with E-state index >= 15 is 0 Å². The zero-order valence-electron chi connectivity index (χ0n) is 13.3. The average Bonchev–Trinajstić information content (AvgIpc) is 2.53. The largest absolute Gasteiger partial charge is 0.492 e. The van der Waals surface area contributed by atoms with Crippen molar-refractivity contribution >= 4 is 11.6 Å². The summed E-state index contributed by atoms with van der Waals surface area (Å²) in [6.45, 7) is 6.24. The van der Waals surface area contributed by atoms with Gasteiger partial charge in [0.1, 0.15) is 12.4 Å². The quantitative estimate of drug-likeness (QED) is 0.772. The molecule has 1 aromatic rings. The zero-order chi connectivity index (χ0) is 15.1. The summed E-state index contributed by atoms with van der Waals surface area (Å²) >= 11 is 5.91. The van der Waals surface area contributed by atoms with Crippen molar-refractivity contribution in [2.75, 3.05) is 13.2 Å². The van der Waals surface area contributed by atoms with Gasteiger partial charge in [-0.1, -0.05) is 44.7 Å². The Morgan fingerprint density at radius 1 is 1.24 bits per heavy atom. The molecule has 1 fully saturated rings. The number of nitrogens with one attached hydrogen (secondary N) is 1. The number of ether oxygens (including phenoxy) is 1. The zero-order valence-corrected chi connectivity index (χ0v) is 14.0. The van der Waals surface area contributed by atoms with Crippen molar-refractivity contribution in [3.63, 3.8) is 0 Å². The highest BCUT2D eigenvalue weighted by molar-refractivity contribution is 6.30. The molecule has 3 unspecified atom stereocenters. The second kappa shape index (κ2) is 8.65. The van der Waals surface area contributed by atoms with Crippen molar-refractivity contribution in [3.8, 4) is 5.75 Å². The first-order chi connectivity index (χ1) is 10.2. The molecule has 3 atom stereocenters. The van der Waals surface area contributed by atoms with Gasteiger partial charge in [0.15, 0.2) is 0 Å². The Hall–Kier alpha value is -0.730.